The Bertz CT molecular complexity index is 562. The normalized spacial score (nSPS) is 25.7. The highest BCUT2D eigenvalue weighted by Crippen LogP contribution is 2.34. The van der Waals surface area contributed by atoms with Gasteiger partial charge in [-0.1, -0.05) is 0 Å². The maximum absolute atomic E-state index is 5.90. The molecular weight excluding hydrogens is 693 g/mol. The lowest BCUT2D eigenvalue weighted by molar-refractivity contribution is 0.0950. The van der Waals surface area contributed by atoms with Gasteiger partial charge in [-0.3, -0.25) is 0 Å². The zero-order valence-corrected chi connectivity index (χ0v) is 21.2. The third-order valence-electron chi connectivity index (χ3n) is 4.45. The first-order valence-electron chi connectivity index (χ1n) is 8.88. The third-order valence-corrected chi connectivity index (χ3v) is 8.35. The van der Waals surface area contributed by atoms with Crippen LogP contribution in [-0.2, 0) is 48.2 Å². The van der Waals surface area contributed by atoms with Crippen molar-refractivity contribution in [3.05, 3.63) is 27.4 Å². The van der Waals surface area contributed by atoms with E-state index in [-0.39, 0.29) is 18.3 Å². The van der Waals surface area contributed by atoms with Crippen LogP contribution in [0.3, 0.4) is 0 Å². The van der Waals surface area contributed by atoms with Crippen molar-refractivity contribution in [1.29, 1.82) is 0 Å². The Balaban J connectivity index is 1.49. The Morgan fingerprint density at radius 3 is 1.07 bits per heavy atom. The maximum atomic E-state index is 5.90. The summed E-state index contributed by atoms with van der Waals surface area (Å²) in [6.45, 7) is 6.10. The average Bonchev–Trinajstić information content (AvgIpc) is 3.49. The summed E-state index contributed by atoms with van der Waals surface area (Å²) in [7, 11) is 0. The topological polar surface area (TPSA) is 65.3 Å². The van der Waals surface area contributed by atoms with Gasteiger partial charge in [0.2, 0.25) is 0 Å². The van der Waals surface area contributed by atoms with E-state index in [4.69, 9.17) is 28.4 Å². The first-order chi connectivity index (χ1) is 13.1. The van der Waals surface area contributed by atoms with Gasteiger partial charge in [0.15, 0.2) is 0 Å². The number of halogens is 3. The summed E-state index contributed by atoms with van der Waals surface area (Å²) in [4.78, 5) is 0. The van der Waals surface area contributed by atoms with Gasteiger partial charge in [0.25, 0.3) is 0 Å². The highest BCUT2D eigenvalue weighted by molar-refractivity contribution is 14.1. The molecule has 0 amide bonds. The number of benzene rings is 1. The van der Waals surface area contributed by atoms with Crippen LogP contribution >= 0.6 is 67.8 Å². The molecule has 0 N–H and O–H groups in total. The number of hydrogen-bond donors (Lipinski definition) is 0. The van der Waals surface area contributed by atoms with Crippen LogP contribution in [0.15, 0.2) is 0 Å². The summed E-state index contributed by atoms with van der Waals surface area (Å²) >= 11 is 7.26. The summed E-state index contributed by atoms with van der Waals surface area (Å²) in [5.74, 6) is 0. The van der Waals surface area contributed by atoms with Crippen LogP contribution in [0, 0.1) is 10.7 Å². The highest BCUT2D eigenvalue weighted by atomic mass is 127. The van der Waals surface area contributed by atoms with Gasteiger partial charge < -0.3 is 28.4 Å². The van der Waals surface area contributed by atoms with Crippen molar-refractivity contribution in [3.63, 3.8) is 0 Å². The minimum atomic E-state index is 0.270. The Kier molecular flexibility index (Phi) is 7.92. The molecule has 3 atom stereocenters. The molecule has 3 aliphatic heterocycles. The monoisotopic (exact) mass is 714 g/mol. The molecule has 0 saturated carbocycles. The third kappa shape index (κ3) is 6.32. The molecule has 1 aromatic carbocycles. The zero-order valence-electron chi connectivity index (χ0n) is 14.7. The van der Waals surface area contributed by atoms with Crippen LogP contribution in [0.2, 0.25) is 0 Å². The maximum Gasteiger partial charge on any atom is 0.104 e. The van der Waals surface area contributed by atoms with Gasteiger partial charge in [0.05, 0.1) is 59.5 Å². The summed E-state index contributed by atoms with van der Waals surface area (Å²) in [6.07, 6.45) is 0.811. The molecule has 4 rings (SSSR count). The van der Waals surface area contributed by atoms with Gasteiger partial charge in [0, 0.05) is 27.4 Å². The van der Waals surface area contributed by atoms with E-state index in [0.29, 0.717) is 39.6 Å². The quantitative estimate of drug-likeness (QED) is 0.245. The molecule has 6 nitrogen and oxygen atoms in total. The highest BCUT2D eigenvalue weighted by Gasteiger charge is 2.27. The fraction of sp³-hybridized carbons (Fsp3) is 0.667. The van der Waals surface area contributed by atoms with Gasteiger partial charge in [0.1, 0.15) is 18.3 Å². The molecule has 3 fully saturated rings. The minimum absolute atomic E-state index is 0.270. The predicted molar refractivity (Wildman–Crippen MR) is 123 cm³/mol. The largest absolute Gasteiger partial charge is 0.374 e. The van der Waals surface area contributed by atoms with Crippen molar-refractivity contribution < 1.29 is 28.4 Å². The summed E-state index contributed by atoms with van der Waals surface area (Å²) in [5.41, 5.74) is 3.62. The van der Waals surface area contributed by atoms with Crippen molar-refractivity contribution in [1.82, 2.24) is 0 Å². The van der Waals surface area contributed by atoms with E-state index in [1.807, 2.05) is 0 Å². The van der Waals surface area contributed by atoms with Crippen LogP contribution in [-0.4, -0.2) is 58.0 Å². The Labute approximate surface area is 199 Å². The summed E-state index contributed by atoms with van der Waals surface area (Å²) in [6, 6.07) is 0. The van der Waals surface area contributed by atoms with Crippen LogP contribution in [0.25, 0.3) is 0 Å². The molecule has 3 unspecified atom stereocenters. The summed E-state index contributed by atoms with van der Waals surface area (Å²) < 4.78 is 37.1. The average molecular weight is 714 g/mol. The lowest BCUT2D eigenvalue weighted by atomic mass is 10.1. The van der Waals surface area contributed by atoms with E-state index in [0.717, 1.165) is 19.8 Å². The molecule has 0 radical (unpaired) electrons. The first-order valence-corrected chi connectivity index (χ1v) is 12.1. The Morgan fingerprint density at radius 2 is 0.852 bits per heavy atom. The molecule has 150 valence electrons. The van der Waals surface area contributed by atoms with Gasteiger partial charge >= 0.3 is 0 Å². The number of epoxide rings is 3. The fourth-order valence-electron chi connectivity index (χ4n) is 2.59. The molecular formula is C18H21I3O6. The second-order valence-corrected chi connectivity index (χ2v) is 10.0. The molecule has 9 heteroatoms. The van der Waals surface area contributed by atoms with Crippen LogP contribution in [0.4, 0.5) is 0 Å². The predicted octanol–water partition coefficient (Wildman–Crippen LogP) is 3.25. The van der Waals surface area contributed by atoms with E-state index in [2.05, 4.69) is 67.8 Å². The van der Waals surface area contributed by atoms with Crippen molar-refractivity contribution in [2.24, 2.45) is 0 Å². The second kappa shape index (κ2) is 9.98. The molecule has 3 aliphatic rings. The number of rotatable bonds is 12. The Morgan fingerprint density at radius 1 is 0.593 bits per heavy atom. The molecule has 0 spiro atoms. The van der Waals surface area contributed by atoms with E-state index >= 15 is 0 Å². The molecule has 0 bridgehead atoms. The van der Waals surface area contributed by atoms with Gasteiger partial charge in [-0.15, -0.1) is 0 Å². The van der Waals surface area contributed by atoms with E-state index in [1.54, 1.807) is 0 Å². The van der Waals surface area contributed by atoms with E-state index in [9.17, 15) is 0 Å². The molecule has 1 aromatic rings. The van der Waals surface area contributed by atoms with Crippen LogP contribution < -0.4 is 0 Å². The summed E-state index contributed by atoms with van der Waals surface area (Å²) in [5, 5.41) is 0. The van der Waals surface area contributed by atoms with Gasteiger partial charge in [-0.2, -0.15) is 0 Å². The molecule has 0 aromatic heterocycles. The number of ether oxygens (including phenoxy) is 6. The molecule has 3 heterocycles. The van der Waals surface area contributed by atoms with Gasteiger partial charge in [-0.25, -0.2) is 0 Å². The standard InChI is InChI=1S/C18H21I3O6/c19-16-13(7-22-1-10-4-25-10)17(20)15(9-24-3-12-6-27-12)18(21)14(16)8-23-2-11-5-26-11/h10-12H,1-9H2. The lowest BCUT2D eigenvalue weighted by Crippen LogP contribution is -2.14. The molecule has 3 saturated heterocycles. The van der Waals surface area contributed by atoms with Crippen molar-refractivity contribution >= 4 is 67.8 Å². The van der Waals surface area contributed by atoms with Crippen LogP contribution in [0.1, 0.15) is 16.7 Å². The SMILES string of the molecule is Ic1c(COCC2CO2)c(I)c(COCC2CO2)c(I)c1COCC1CO1. The van der Waals surface area contributed by atoms with Crippen molar-refractivity contribution in [2.45, 2.75) is 38.1 Å². The minimum Gasteiger partial charge on any atom is -0.374 e. The van der Waals surface area contributed by atoms with Gasteiger partial charge in [-0.05, 0) is 67.8 Å². The zero-order chi connectivity index (χ0) is 18.8. The second-order valence-electron chi connectivity index (χ2n) is 6.79. The van der Waals surface area contributed by atoms with Crippen molar-refractivity contribution in [3.8, 4) is 0 Å². The van der Waals surface area contributed by atoms with Crippen molar-refractivity contribution in [2.75, 3.05) is 39.6 Å². The smallest absolute Gasteiger partial charge is 0.104 e. The van der Waals surface area contributed by atoms with Crippen LogP contribution in [0.5, 0.6) is 0 Å². The lowest BCUT2D eigenvalue weighted by Gasteiger charge is -2.20. The first kappa shape index (κ1) is 21.4. The molecule has 0 aliphatic carbocycles. The molecule has 27 heavy (non-hydrogen) atoms. The number of hydrogen-bond acceptors (Lipinski definition) is 6. The van der Waals surface area contributed by atoms with E-state index in [1.165, 1.54) is 27.4 Å². The van der Waals surface area contributed by atoms with E-state index < -0.39 is 0 Å². The fourth-order valence-corrected chi connectivity index (χ4v) is 6.69. The Hall–Kier alpha value is 1.17.